The number of rotatable bonds is 4. The Bertz CT molecular complexity index is 960. The van der Waals surface area contributed by atoms with Crippen molar-refractivity contribution >= 4 is 17.8 Å². The molecule has 2 aliphatic rings. The maximum Gasteiger partial charge on any atom is 0.325 e. The van der Waals surface area contributed by atoms with Crippen LogP contribution in [0.1, 0.15) is 36.1 Å². The zero-order valence-corrected chi connectivity index (χ0v) is 15.4. The topological polar surface area (TPSA) is 78.5 Å². The molecule has 0 unspecified atom stereocenters. The normalized spacial score (nSPS) is 23.5. The van der Waals surface area contributed by atoms with Crippen molar-refractivity contribution in [1.82, 2.24) is 15.5 Å². The fourth-order valence-corrected chi connectivity index (χ4v) is 3.91. The van der Waals surface area contributed by atoms with Gasteiger partial charge in [-0.3, -0.25) is 14.5 Å². The van der Waals surface area contributed by atoms with Gasteiger partial charge in [-0.1, -0.05) is 36.4 Å². The number of carbonyl (C=O) groups is 3. The van der Waals surface area contributed by atoms with Crippen molar-refractivity contribution in [3.8, 4) is 0 Å². The Hall–Kier alpha value is -3.22. The molecule has 1 heterocycles. The number of nitrogens with one attached hydrogen (secondary N) is 2. The number of hydrogen-bond donors (Lipinski definition) is 2. The first-order chi connectivity index (χ1) is 13.4. The molecule has 2 atom stereocenters. The van der Waals surface area contributed by atoms with Gasteiger partial charge in [-0.15, -0.1) is 0 Å². The maximum absolute atomic E-state index is 13.2. The summed E-state index contributed by atoms with van der Waals surface area (Å²) in [7, 11) is 0. The predicted molar refractivity (Wildman–Crippen MR) is 99.6 cm³/mol. The molecule has 0 bridgehead atoms. The van der Waals surface area contributed by atoms with Crippen molar-refractivity contribution in [3.05, 3.63) is 71.0 Å². The fraction of sp³-hybridized carbons (Fsp3) is 0.286. The van der Waals surface area contributed by atoms with Gasteiger partial charge >= 0.3 is 6.03 Å². The lowest BCUT2D eigenvalue weighted by Gasteiger charge is -2.22. The van der Waals surface area contributed by atoms with E-state index in [4.69, 9.17) is 0 Å². The number of urea groups is 1. The van der Waals surface area contributed by atoms with E-state index in [1.165, 1.54) is 29.8 Å². The molecule has 7 heteroatoms. The van der Waals surface area contributed by atoms with Gasteiger partial charge in [0.1, 0.15) is 17.9 Å². The molecule has 2 aromatic rings. The molecule has 144 valence electrons. The predicted octanol–water partition coefficient (Wildman–Crippen LogP) is 2.40. The molecule has 1 aliphatic carbocycles. The van der Waals surface area contributed by atoms with Crippen LogP contribution in [0.2, 0.25) is 0 Å². The van der Waals surface area contributed by atoms with Gasteiger partial charge in [0, 0.05) is 0 Å². The quantitative estimate of drug-likeness (QED) is 0.799. The summed E-state index contributed by atoms with van der Waals surface area (Å²) in [6.45, 7) is 1.19. The van der Waals surface area contributed by atoms with Gasteiger partial charge in [-0.2, -0.15) is 0 Å². The molecule has 2 aromatic carbocycles. The first-order valence-electron chi connectivity index (χ1n) is 9.16. The zero-order valence-electron chi connectivity index (χ0n) is 15.4. The summed E-state index contributed by atoms with van der Waals surface area (Å²) in [6.07, 6.45) is 1.67. The van der Waals surface area contributed by atoms with Crippen LogP contribution in [-0.2, 0) is 21.5 Å². The smallest absolute Gasteiger partial charge is 0.325 e. The molecular formula is C21H20FN3O3. The highest BCUT2D eigenvalue weighted by Gasteiger charge is 2.49. The van der Waals surface area contributed by atoms with E-state index in [2.05, 4.69) is 10.6 Å². The van der Waals surface area contributed by atoms with Crippen LogP contribution in [0.5, 0.6) is 0 Å². The van der Waals surface area contributed by atoms with Crippen LogP contribution in [0.3, 0.4) is 0 Å². The van der Waals surface area contributed by atoms with Crippen LogP contribution < -0.4 is 10.6 Å². The summed E-state index contributed by atoms with van der Waals surface area (Å²) < 4.78 is 13.2. The summed E-state index contributed by atoms with van der Waals surface area (Å²) >= 11 is 0. The summed E-state index contributed by atoms with van der Waals surface area (Å²) in [5, 5.41) is 5.53. The number of aryl methyl sites for hydroxylation is 1. The fourth-order valence-electron chi connectivity index (χ4n) is 3.91. The zero-order chi connectivity index (χ0) is 19.9. The van der Waals surface area contributed by atoms with Gasteiger partial charge in [-0.05, 0) is 48.6 Å². The molecule has 0 spiro atoms. The third-order valence-corrected chi connectivity index (χ3v) is 5.47. The van der Waals surface area contributed by atoms with Crippen molar-refractivity contribution in [2.45, 2.75) is 31.3 Å². The Balaban J connectivity index is 1.46. The van der Waals surface area contributed by atoms with Crippen LogP contribution in [0.25, 0.3) is 0 Å². The first-order valence-corrected chi connectivity index (χ1v) is 9.16. The number of halogens is 1. The van der Waals surface area contributed by atoms with E-state index >= 15 is 0 Å². The van der Waals surface area contributed by atoms with Crippen LogP contribution in [0.4, 0.5) is 9.18 Å². The Labute approximate surface area is 161 Å². The summed E-state index contributed by atoms with van der Waals surface area (Å²) in [6, 6.07) is 12.5. The Morgan fingerprint density at radius 3 is 2.68 bits per heavy atom. The van der Waals surface area contributed by atoms with E-state index in [1.54, 1.807) is 6.92 Å². The standard InChI is InChI=1S/C21H20FN3O3/c1-21(14-7-9-15(22)10-8-14)19(27)25(20(28)24-21)12-18(26)23-17-11-6-13-4-2-3-5-16(13)17/h2-5,7-10,17H,6,11-12H2,1H3,(H,23,26)(H,24,28)/t17-,21+/m1/s1. The Morgan fingerprint density at radius 2 is 1.93 bits per heavy atom. The van der Waals surface area contributed by atoms with Crippen LogP contribution in [0.15, 0.2) is 48.5 Å². The second-order valence-corrected chi connectivity index (χ2v) is 7.31. The first kappa shape index (κ1) is 18.2. The average molecular weight is 381 g/mol. The minimum absolute atomic E-state index is 0.118. The lowest BCUT2D eigenvalue weighted by atomic mass is 9.92. The molecule has 1 fully saturated rings. The van der Waals surface area contributed by atoms with Crippen LogP contribution >= 0.6 is 0 Å². The van der Waals surface area contributed by atoms with Gasteiger partial charge in [-0.25, -0.2) is 9.18 Å². The molecule has 2 N–H and O–H groups in total. The molecule has 6 nitrogen and oxygen atoms in total. The van der Waals surface area contributed by atoms with Crippen molar-refractivity contribution in [3.63, 3.8) is 0 Å². The van der Waals surface area contributed by atoms with Gasteiger partial charge < -0.3 is 10.6 Å². The monoisotopic (exact) mass is 381 g/mol. The lowest BCUT2D eigenvalue weighted by Crippen LogP contribution is -2.43. The van der Waals surface area contributed by atoms with Crippen molar-refractivity contribution in [1.29, 1.82) is 0 Å². The Morgan fingerprint density at radius 1 is 1.21 bits per heavy atom. The number of imide groups is 1. The minimum atomic E-state index is -1.33. The number of hydrogen-bond acceptors (Lipinski definition) is 3. The maximum atomic E-state index is 13.2. The van der Waals surface area contributed by atoms with Gasteiger partial charge in [0.15, 0.2) is 0 Å². The summed E-state index contributed by atoms with van der Waals surface area (Å²) in [4.78, 5) is 38.6. The SMILES string of the molecule is C[C@@]1(c2ccc(F)cc2)NC(=O)N(CC(=O)N[C@@H]2CCc3ccccc32)C1=O. The molecule has 28 heavy (non-hydrogen) atoms. The van der Waals surface area contributed by atoms with E-state index in [0.29, 0.717) is 5.56 Å². The number of benzene rings is 2. The van der Waals surface area contributed by atoms with Gasteiger partial charge in [0.05, 0.1) is 6.04 Å². The highest BCUT2D eigenvalue weighted by atomic mass is 19.1. The molecule has 4 amide bonds. The van der Waals surface area contributed by atoms with E-state index in [0.717, 1.165) is 23.3 Å². The molecule has 1 aliphatic heterocycles. The molecule has 0 aromatic heterocycles. The average Bonchev–Trinajstić information content (AvgIpc) is 3.17. The largest absolute Gasteiger partial charge is 0.348 e. The van der Waals surface area contributed by atoms with Gasteiger partial charge in [0.2, 0.25) is 5.91 Å². The van der Waals surface area contributed by atoms with Crippen molar-refractivity contribution in [2.75, 3.05) is 6.54 Å². The highest BCUT2D eigenvalue weighted by Crippen LogP contribution is 2.31. The van der Waals surface area contributed by atoms with Crippen LogP contribution in [-0.4, -0.2) is 29.3 Å². The lowest BCUT2D eigenvalue weighted by molar-refractivity contribution is -0.135. The summed E-state index contributed by atoms with van der Waals surface area (Å²) in [5.41, 5.74) is 1.40. The van der Waals surface area contributed by atoms with E-state index in [9.17, 15) is 18.8 Å². The third kappa shape index (κ3) is 3.02. The number of carbonyl (C=O) groups excluding carboxylic acids is 3. The second-order valence-electron chi connectivity index (χ2n) is 7.31. The van der Waals surface area contributed by atoms with Gasteiger partial charge in [0.25, 0.3) is 5.91 Å². The highest BCUT2D eigenvalue weighted by molar-refractivity contribution is 6.09. The molecule has 4 rings (SSSR count). The Kier molecular flexibility index (Phi) is 4.37. The molecular weight excluding hydrogens is 361 g/mol. The van der Waals surface area contributed by atoms with Crippen LogP contribution in [0, 0.1) is 5.82 Å². The molecule has 0 radical (unpaired) electrons. The second kappa shape index (κ2) is 6.74. The van der Waals surface area contributed by atoms with E-state index < -0.39 is 29.2 Å². The van der Waals surface area contributed by atoms with Crippen molar-refractivity contribution in [2.24, 2.45) is 0 Å². The molecule has 0 saturated carbocycles. The van der Waals surface area contributed by atoms with E-state index in [1.807, 2.05) is 24.3 Å². The van der Waals surface area contributed by atoms with E-state index in [-0.39, 0.29) is 12.6 Å². The number of nitrogens with zero attached hydrogens (tertiary/aromatic N) is 1. The number of amides is 4. The molecule has 1 saturated heterocycles. The third-order valence-electron chi connectivity index (χ3n) is 5.47. The summed E-state index contributed by atoms with van der Waals surface area (Å²) in [5.74, 6) is -1.36. The van der Waals surface area contributed by atoms with Crippen molar-refractivity contribution < 1.29 is 18.8 Å². The number of fused-ring (bicyclic) bond motifs is 1. The minimum Gasteiger partial charge on any atom is -0.348 e.